The number of hydrogen-bond acceptors (Lipinski definition) is 5. The first kappa shape index (κ1) is 14.0. The van der Waals surface area contributed by atoms with E-state index in [1.807, 2.05) is 23.1 Å². The van der Waals surface area contributed by atoms with Gasteiger partial charge in [-0.05, 0) is 24.6 Å². The Morgan fingerprint density at radius 1 is 1.19 bits per heavy atom. The van der Waals surface area contributed by atoms with Crippen molar-refractivity contribution in [3.8, 4) is 0 Å². The number of amides is 1. The van der Waals surface area contributed by atoms with E-state index < -0.39 is 0 Å². The van der Waals surface area contributed by atoms with Crippen LogP contribution in [0, 0.1) is 0 Å². The third-order valence-corrected chi connectivity index (χ3v) is 4.84. The smallest absolute Gasteiger partial charge is 0.264 e. The van der Waals surface area contributed by atoms with Gasteiger partial charge in [0, 0.05) is 43.4 Å². The van der Waals surface area contributed by atoms with Gasteiger partial charge in [-0.1, -0.05) is 6.92 Å². The van der Waals surface area contributed by atoms with Crippen molar-refractivity contribution in [3.63, 3.8) is 0 Å². The van der Waals surface area contributed by atoms with Crippen molar-refractivity contribution >= 4 is 23.2 Å². The number of nitrogens with zero attached hydrogens (tertiary/aromatic N) is 4. The fourth-order valence-electron chi connectivity index (χ4n) is 2.40. The van der Waals surface area contributed by atoms with E-state index in [9.17, 15) is 4.79 Å². The van der Waals surface area contributed by atoms with Crippen LogP contribution in [0.3, 0.4) is 0 Å². The van der Waals surface area contributed by atoms with Gasteiger partial charge in [-0.15, -0.1) is 11.3 Å². The molecule has 2 aromatic rings. The normalized spacial score (nSPS) is 15.3. The maximum atomic E-state index is 12.5. The highest BCUT2D eigenvalue weighted by Crippen LogP contribution is 2.20. The molecule has 0 radical (unpaired) electrons. The van der Waals surface area contributed by atoms with Gasteiger partial charge < -0.3 is 9.80 Å². The predicted octanol–water partition coefficient (Wildman–Crippen LogP) is 2.06. The van der Waals surface area contributed by atoms with Gasteiger partial charge in [-0.25, -0.2) is 9.97 Å². The fraction of sp³-hybridized carbons (Fsp3) is 0.400. The molecule has 0 bridgehead atoms. The van der Waals surface area contributed by atoms with Crippen LogP contribution >= 0.6 is 11.3 Å². The number of hydrogen-bond donors (Lipinski definition) is 0. The van der Waals surface area contributed by atoms with E-state index in [0.29, 0.717) is 0 Å². The van der Waals surface area contributed by atoms with Crippen molar-refractivity contribution in [2.45, 2.75) is 13.3 Å². The topological polar surface area (TPSA) is 49.3 Å². The van der Waals surface area contributed by atoms with Crippen LogP contribution in [-0.2, 0) is 6.42 Å². The van der Waals surface area contributed by atoms with Gasteiger partial charge in [0.05, 0.1) is 4.88 Å². The number of thiophene rings is 1. The maximum Gasteiger partial charge on any atom is 0.264 e. The summed E-state index contributed by atoms with van der Waals surface area (Å²) in [6.07, 6.45) is 4.48. The Morgan fingerprint density at radius 3 is 2.52 bits per heavy atom. The van der Waals surface area contributed by atoms with Crippen molar-refractivity contribution in [1.29, 1.82) is 0 Å². The molecule has 0 aliphatic carbocycles. The maximum absolute atomic E-state index is 12.5. The van der Waals surface area contributed by atoms with Crippen LogP contribution in [0.25, 0.3) is 0 Å². The quantitative estimate of drug-likeness (QED) is 0.871. The molecule has 1 amide bonds. The van der Waals surface area contributed by atoms with E-state index in [4.69, 9.17) is 0 Å². The molecule has 5 nitrogen and oxygen atoms in total. The van der Waals surface area contributed by atoms with Crippen molar-refractivity contribution in [1.82, 2.24) is 14.9 Å². The lowest BCUT2D eigenvalue weighted by Crippen LogP contribution is -2.49. The van der Waals surface area contributed by atoms with Crippen LogP contribution < -0.4 is 4.90 Å². The zero-order chi connectivity index (χ0) is 14.7. The summed E-state index contributed by atoms with van der Waals surface area (Å²) in [6.45, 7) is 5.11. The third-order valence-electron chi connectivity index (χ3n) is 3.62. The molecule has 1 fully saturated rings. The molecule has 0 unspecified atom stereocenters. The lowest BCUT2D eigenvalue weighted by Gasteiger charge is -2.34. The zero-order valence-corrected chi connectivity index (χ0v) is 12.8. The van der Waals surface area contributed by atoms with Crippen molar-refractivity contribution in [2.75, 3.05) is 31.1 Å². The minimum Gasteiger partial charge on any atom is -0.337 e. The van der Waals surface area contributed by atoms with Crippen LogP contribution in [0.2, 0.25) is 0 Å². The minimum absolute atomic E-state index is 0.147. The standard InChI is InChI=1S/C15H18N4OS/c1-2-12-4-5-13(21-12)14(20)18-8-10-19(11-9-18)15-16-6-3-7-17-15/h3-7H,2,8-11H2,1H3. The van der Waals surface area contributed by atoms with E-state index in [1.165, 1.54) is 4.88 Å². The molecule has 0 aromatic carbocycles. The number of aryl methyl sites for hydroxylation is 1. The highest BCUT2D eigenvalue weighted by atomic mass is 32.1. The van der Waals surface area contributed by atoms with Crippen LogP contribution in [0.1, 0.15) is 21.5 Å². The van der Waals surface area contributed by atoms with E-state index in [0.717, 1.165) is 43.4 Å². The Kier molecular flexibility index (Phi) is 4.15. The molecule has 1 aliphatic rings. The molecule has 3 rings (SSSR count). The lowest BCUT2D eigenvalue weighted by molar-refractivity contribution is 0.0751. The summed E-state index contributed by atoms with van der Waals surface area (Å²) < 4.78 is 0. The summed E-state index contributed by atoms with van der Waals surface area (Å²) in [6, 6.07) is 5.80. The van der Waals surface area contributed by atoms with Gasteiger partial charge in [-0.3, -0.25) is 4.79 Å². The van der Waals surface area contributed by atoms with Crippen LogP contribution in [-0.4, -0.2) is 47.0 Å². The number of anilines is 1. The molecule has 0 saturated carbocycles. The zero-order valence-electron chi connectivity index (χ0n) is 12.0. The Morgan fingerprint density at radius 2 is 1.90 bits per heavy atom. The summed E-state index contributed by atoms with van der Waals surface area (Å²) in [5.41, 5.74) is 0. The van der Waals surface area contributed by atoms with E-state index >= 15 is 0 Å². The van der Waals surface area contributed by atoms with Gasteiger partial charge in [0.25, 0.3) is 5.91 Å². The monoisotopic (exact) mass is 302 g/mol. The molecular weight excluding hydrogens is 284 g/mol. The Hall–Kier alpha value is -1.95. The van der Waals surface area contributed by atoms with Crippen LogP contribution in [0.15, 0.2) is 30.6 Å². The molecule has 6 heteroatoms. The Bertz CT molecular complexity index is 605. The first-order chi connectivity index (χ1) is 10.3. The molecule has 21 heavy (non-hydrogen) atoms. The number of piperazine rings is 1. The number of carbonyl (C=O) groups excluding carboxylic acids is 1. The van der Waals surface area contributed by atoms with Gasteiger partial charge in [0.2, 0.25) is 5.95 Å². The van der Waals surface area contributed by atoms with Crippen LogP contribution in [0.5, 0.6) is 0 Å². The molecule has 110 valence electrons. The SMILES string of the molecule is CCc1ccc(C(=O)N2CCN(c3ncccn3)CC2)s1. The van der Waals surface area contributed by atoms with Crippen molar-refractivity contribution in [3.05, 3.63) is 40.3 Å². The summed E-state index contributed by atoms with van der Waals surface area (Å²) in [5, 5.41) is 0. The minimum atomic E-state index is 0.147. The summed E-state index contributed by atoms with van der Waals surface area (Å²) in [7, 11) is 0. The largest absolute Gasteiger partial charge is 0.337 e. The molecule has 0 N–H and O–H groups in total. The van der Waals surface area contributed by atoms with E-state index in [-0.39, 0.29) is 5.91 Å². The second-order valence-electron chi connectivity index (χ2n) is 4.95. The first-order valence-electron chi connectivity index (χ1n) is 7.18. The molecule has 0 atom stereocenters. The number of aromatic nitrogens is 2. The summed E-state index contributed by atoms with van der Waals surface area (Å²) in [5.74, 6) is 0.891. The summed E-state index contributed by atoms with van der Waals surface area (Å²) in [4.78, 5) is 27.1. The number of carbonyl (C=O) groups is 1. The molecule has 1 aliphatic heterocycles. The highest BCUT2D eigenvalue weighted by molar-refractivity contribution is 7.14. The predicted molar refractivity (Wildman–Crippen MR) is 83.8 cm³/mol. The lowest BCUT2D eigenvalue weighted by atomic mass is 10.3. The van der Waals surface area contributed by atoms with Gasteiger partial charge in [0.1, 0.15) is 0 Å². The Balaban J connectivity index is 1.61. The molecule has 3 heterocycles. The third kappa shape index (κ3) is 3.05. The number of rotatable bonds is 3. The van der Waals surface area contributed by atoms with Gasteiger partial charge in [0.15, 0.2) is 0 Å². The second kappa shape index (κ2) is 6.22. The van der Waals surface area contributed by atoms with Crippen LogP contribution in [0.4, 0.5) is 5.95 Å². The van der Waals surface area contributed by atoms with Gasteiger partial charge >= 0.3 is 0 Å². The van der Waals surface area contributed by atoms with E-state index in [2.05, 4.69) is 21.8 Å². The Labute approximate surface area is 128 Å². The molecule has 2 aromatic heterocycles. The average molecular weight is 302 g/mol. The fourth-order valence-corrected chi connectivity index (χ4v) is 3.32. The first-order valence-corrected chi connectivity index (χ1v) is 7.99. The van der Waals surface area contributed by atoms with Gasteiger partial charge in [-0.2, -0.15) is 0 Å². The molecule has 1 saturated heterocycles. The average Bonchev–Trinajstić information content (AvgIpc) is 3.04. The summed E-state index contributed by atoms with van der Waals surface area (Å²) >= 11 is 1.60. The molecule has 0 spiro atoms. The highest BCUT2D eigenvalue weighted by Gasteiger charge is 2.24. The van der Waals surface area contributed by atoms with Crippen molar-refractivity contribution < 1.29 is 4.79 Å². The second-order valence-corrected chi connectivity index (χ2v) is 6.12. The van der Waals surface area contributed by atoms with Crippen molar-refractivity contribution in [2.24, 2.45) is 0 Å². The van der Waals surface area contributed by atoms with E-state index in [1.54, 1.807) is 23.7 Å². The molecular formula is C15H18N4OS.